The van der Waals surface area contributed by atoms with E-state index in [0.717, 1.165) is 11.1 Å². The molecule has 2 aliphatic heterocycles. The first-order valence-corrected chi connectivity index (χ1v) is 12.6. The van der Waals surface area contributed by atoms with E-state index in [-0.39, 0.29) is 39.9 Å². The first kappa shape index (κ1) is 22.6. The minimum absolute atomic E-state index is 0.0753. The standard InChI is InChI=1S/C24H23ClN4O4S/c1-24(2,3)19-20(25)26-23-27-21(19)33-18-13-29(12-15-7-4-5-10-17(15)18)22(30)14-8-6-9-16(11-14)34(31,32)28-23/h4-11,18H,12-13H2,1-3H3,(H,26,27,28). The predicted octanol–water partition coefficient (Wildman–Crippen LogP) is 4.32. The molecule has 2 aromatic carbocycles. The summed E-state index contributed by atoms with van der Waals surface area (Å²) in [5.41, 5.74) is 2.21. The minimum atomic E-state index is -4.08. The summed E-state index contributed by atoms with van der Waals surface area (Å²) in [6.45, 7) is 6.47. The topological polar surface area (TPSA) is 101 Å². The third-order valence-corrected chi connectivity index (χ3v) is 7.49. The second kappa shape index (κ2) is 7.95. The van der Waals surface area contributed by atoms with Crippen LogP contribution in [0.25, 0.3) is 0 Å². The van der Waals surface area contributed by atoms with Gasteiger partial charge < -0.3 is 9.64 Å². The molecule has 34 heavy (non-hydrogen) atoms. The van der Waals surface area contributed by atoms with Crippen LogP contribution in [-0.2, 0) is 22.0 Å². The Kier molecular flexibility index (Phi) is 5.29. The van der Waals surface area contributed by atoms with Gasteiger partial charge in [-0.3, -0.25) is 4.79 Å². The molecule has 0 radical (unpaired) electrons. The molecule has 2 aliphatic rings. The van der Waals surface area contributed by atoms with Crippen molar-refractivity contribution in [2.45, 2.75) is 43.7 Å². The van der Waals surface area contributed by atoms with Gasteiger partial charge in [0, 0.05) is 12.1 Å². The fraction of sp³-hybridized carbons (Fsp3) is 0.292. The zero-order valence-corrected chi connectivity index (χ0v) is 20.4. The van der Waals surface area contributed by atoms with E-state index < -0.39 is 21.5 Å². The van der Waals surface area contributed by atoms with Crippen molar-refractivity contribution >= 4 is 33.5 Å². The summed E-state index contributed by atoms with van der Waals surface area (Å²) in [4.78, 5) is 23.6. The summed E-state index contributed by atoms with van der Waals surface area (Å²) in [6, 6.07) is 13.6. The number of nitrogens with one attached hydrogen (secondary N) is 1. The Morgan fingerprint density at radius 3 is 2.65 bits per heavy atom. The van der Waals surface area contributed by atoms with E-state index in [4.69, 9.17) is 16.3 Å². The number of nitrogens with zero attached hydrogens (tertiary/aromatic N) is 3. The second-order valence-electron chi connectivity index (χ2n) is 9.39. The third kappa shape index (κ3) is 3.99. The van der Waals surface area contributed by atoms with Crippen LogP contribution in [0.1, 0.15) is 53.9 Å². The molecule has 0 saturated heterocycles. The quantitative estimate of drug-likeness (QED) is 0.463. The van der Waals surface area contributed by atoms with Gasteiger partial charge in [-0.15, -0.1) is 0 Å². The Hall–Kier alpha value is -3.17. The molecule has 1 N–H and O–H groups in total. The van der Waals surface area contributed by atoms with E-state index in [2.05, 4.69) is 14.7 Å². The number of rotatable bonds is 0. The SMILES string of the molecule is CC(C)(C)c1c(Cl)nc2nc1OC1CN(Cc3ccccc31)C(=O)c1cccc(c1)S(=O)(=O)N2. The molecule has 0 saturated carbocycles. The summed E-state index contributed by atoms with van der Waals surface area (Å²) in [6.07, 6.45) is -0.533. The maximum Gasteiger partial charge on any atom is 0.264 e. The number of amides is 1. The lowest BCUT2D eigenvalue weighted by molar-refractivity contribution is 0.0585. The van der Waals surface area contributed by atoms with Crippen LogP contribution in [-0.4, -0.2) is 35.7 Å². The average molecular weight is 499 g/mol. The number of aromatic nitrogens is 2. The van der Waals surface area contributed by atoms with E-state index in [1.165, 1.54) is 18.2 Å². The van der Waals surface area contributed by atoms with E-state index in [1.807, 2.05) is 45.0 Å². The van der Waals surface area contributed by atoms with Crippen molar-refractivity contribution in [1.29, 1.82) is 0 Å². The minimum Gasteiger partial charge on any atom is -0.467 e. The Labute approximate surface area is 203 Å². The van der Waals surface area contributed by atoms with Gasteiger partial charge in [-0.1, -0.05) is 62.7 Å². The van der Waals surface area contributed by atoms with Gasteiger partial charge in [0.1, 0.15) is 11.3 Å². The molecule has 176 valence electrons. The zero-order chi connectivity index (χ0) is 24.3. The number of carbonyl (C=O) groups excluding carboxylic acids is 1. The lowest BCUT2D eigenvalue weighted by atomic mass is 9.88. The number of hydrogen-bond acceptors (Lipinski definition) is 6. The van der Waals surface area contributed by atoms with Gasteiger partial charge in [-0.25, -0.2) is 13.1 Å². The summed E-state index contributed by atoms with van der Waals surface area (Å²) < 4.78 is 35.0. The van der Waals surface area contributed by atoms with Gasteiger partial charge in [0.2, 0.25) is 11.8 Å². The summed E-state index contributed by atoms with van der Waals surface area (Å²) >= 11 is 6.54. The van der Waals surface area contributed by atoms with Crippen LogP contribution in [0.15, 0.2) is 53.4 Å². The lowest BCUT2D eigenvalue weighted by Crippen LogP contribution is -2.40. The molecule has 0 fully saturated rings. The largest absolute Gasteiger partial charge is 0.467 e. The second-order valence-corrected chi connectivity index (χ2v) is 11.4. The highest BCUT2D eigenvalue weighted by molar-refractivity contribution is 7.92. The number of ether oxygens (including phenoxy) is 1. The molecule has 0 spiro atoms. The van der Waals surface area contributed by atoms with Crippen LogP contribution in [0.3, 0.4) is 0 Å². The lowest BCUT2D eigenvalue weighted by Gasteiger charge is -2.35. The Balaban J connectivity index is 1.76. The van der Waals surface area contributed by atoms with Crippen LogP contribution in [0.5, 0.6) is 5.88 Å². The van der Waals surface area contributed by atoms with Gasteiger partial charge in [0.25, 0.3) is 15.9 Å². The molecule has 10 heteroatoms. The number of anilines is 1. The van der Waals surface area contributed by atoms with Crippen LogP contribution in [0.4, 0.5) is 5.95 Å². The van der Waals surface area contributed by atoms with Crippen molar-refractivity contribution in [3.05, 3.63) is 75.9 Å². The molecule has 1 amide bonds. The van der Waals surface area contributed by atoms with E-state index >= 15 is 0 Å². The van der Waals surface area contributed by atoms with E-state index in [0.29, 0.717) is 12.1 Å². The molecule has 1 atom stereocenters. The maximum atomic E-state index is 13.4. The van der Waals surface area contributed by atoms with Crippen molar-refractivity contribution in [2.75, 3.05) is 11.3 Å². The smallest absolute Gasteiger partial charge is 0.264 e. The van der Waals surface area contributed by atoms with Crippen molar-refractivity contribution in [3.8, 4) is 5.88 Å². The van der Waals surface area contributed by atoms with Crippen molar-refractivity contribution in [3.63, 3.8) is 0 Å². The number of carbonyl (C=O) groups is 1. The van der Waals surface area contributed by atoms with Crippen LogP contribution < -0.4 is 9.46 Å². The fourth-order valence-electron chi connectivity index (χ4n) is 4.28. The van der Waals surface area contributed by atoms with Crippen molar-refractivity contribution in [2.24, 2.45) is 0 Å². The zero-order valence-electron chi connectivity index (χ0n) is 18.9. The Bertz CT molecular complexity index is 1420. The monoisotopic (exact) mass is 498 g/mol. The molecular formula is C24H23ClN4O4S. The number of halogens is 1. The van der Waals surface area contributed by atoms with Gasteiger partial charge in [0.15, 0.2) is 0 Å². The van der Waals surface area contributed by atoms with Gasteiger partial charge in [-0.2, -0.15) is 9.97 Å². The first-order valence-electron chi connectivity index (χ1n) is 10.8. The Morgan fingerprint density at radius 1 is 1.12 bits per heavy atom. The average Bonchev–Trinajstić information content (AvgIpc) is 2.76. The number of sulfonamides is 1. The van der Waals surface area contributed by atoms with Crippen LogP contribution in [0, 0.1) is 0 Å². The van der Waals surface area contributed by atoms with Crippen LogP contribution >= 0.6 is 11.6 Å². The highest BCUT2D eigenvalue weighted by Crippen LogP contribution is 2.40. The van der Waals surface area contributed by atoms with Crippen LogP contribution in [0.2, 0.25) is 5.15 Å². The number of benzene rings is 2. The number of fused-ring (bicyclic) bond motifs is 8. The van der Waals surface area contributed by atoms with Gasteiger partial charge >= 0.3 is 0 Å². The van der Waals surface area contributed by atoms with Gasteiger partial charge in [-0.05, 0) is 34.7 Å². The Morgan fingerprint density at radius 2 is 1.88 bits per heavy atom. The summed E-state index contributed by atoms with van der Waals surface area (Å²) in [5, 5.41) is 0.0934. The summed E-state index contributed by atoms with van der Waals surface area (Å²) in [7, 11) is -4.08. The third-order valence-electron chi connectivity index (χ3n) is 5.89. The van der Waals surface area contributed by atoms with E-state index in [9.17, 15) is 13.2 Å². The highest BCUT2D eigenvalue weighted by Gasteiger charge is 2.34. The van der Waals surface area contributed by atoms with Crippen molar-refractivity contribution in [1.82, 2.24) is 14.9 Å². The summed E-state index contributed by atoms with van der Waals surface area (Å²) in [5.74, 6) is -0.318. The molecule has 3 heterocycles. The number of hydrogen-bond donors (Lipinski definition) is 1. The van der Waals surface area contributed by atoms with Crippen molar-refractivity contribution < 1.29 is 17.9 Å². The molecule has 0 aliphatic carbocycles. The molecular weight excluding hydrogens is 476 g/mol. The fourth-order valence-corrected chi connectivity index (χ4v) is 5.72. The highest BCUT2D eigenvalue weighted by atomic mass is 35.5. The maximum absolute atomic E-state index is 13.4. The molecule has 1 aromatic heterocycles. The normalized spacial score (nSPS) is 19.0. The molecule has 3 aromatic rings. The molecule has 5 rings (SSSR count). The van der Waals surface area contributed by atoms with E-state index in [1.54, 1.807) is 11.0 Å². The van der Waals surface area contributed by atoms with Gasteiger partial charge in [0.05, 0.1) is 17.0 Å². The predicted molar refractivity (Wildman–Crippen MR) is 128 cm³/mol. The molecule has 6 bridgehead atoms. The molecule has 8 nitrogen and oxygen atoms in total. The molecule has 1 unspecified atom stereocenters. The first-order chi connectivity index (χ1) is 16.0.